The minimum absolute atomic E-state index is 0.0283. The topological polar surface area (TPSA) is 79.8 Å². The molecule has 1 aliphatic heterocycles. The molecule has 0 radical (unpaired) electrons. The molecule has 0 spiro atoms. The van der Waals surface area contributed by atoms with Crippen molar-refractivity contribution in [2.24, 2.45) is 5.92 Å². The van der Waals surface area contributed by atoms with E-state index in [1.807, 2.05) is 23.8 Å². The molecule has 0 aromatic carbocycles. The molecule has 3 rings (SSSR count). The van der Waals surface area contributed by atoms with E-state index >= 15 is 0 Å². The second kappa shape index (κ2) is 9.49. The van der Waals surface area contributed by atoms with E-state index in [1.54, 1.807) is 30.2 Å². The van der Waals surface area contributed by atoms with E-state index < -0.39 is 0 Å². The molecule has 1 aliphatic rings. The van der Waals surface area contributed by atoms with Crippen molar-refractivity contribution in [1.82, 2.24) is 14.8 Å². The Morgan fingerprint density at radius 1 is 1.38 bits per heavy atom. The van der Waals surface area contributed by atoms with Crippen LogP contribution in [0.25, 0.3) is 10.6 Å². The Bertz CT molecular complexity index is 878. The Morgan fingerprint density at radius 2 is 2.17 bits per heavy atom. The van der Waals surface area contributed by atoms with Gasteiger partial charge in [0.15, 0.2) is 0 Å². The first-order valence-electron chi connectivity index (χ1n) is 9.60. The third-order valence-corrected chi connectivity index (χ3v) is 6.75. The second-order valence-corrected chi connectivity index (χ2v) is 8.82. The standard InChI is InChI=1S/C20H25N3O4S2/c1-4-27-20(26)14-6-5-8-23(10-14)16(24)11-22(3)19(25)17-13(2)21-18(29-17)15-7-9-28-12-15/h7,9,12,14H,4-6,8,10-11H2,1-3H3. The molecular formula is C20H25N3O4S2. The van der Waals surface area contributed by atoms with Crippen LogP contribution in [-0.4, -0.2) is 65.9 Å². The molecule has 29 heavy (non-hydrogen) atoms. The fraction of sp³-hybridized carbons (Fsp3) is 0.500. The number of esters is 1. The number of aromatic nitrogens is 1. The molecule has 1 fully saturated rings. The lowest BCUT2D eigenvalue weighted by Crippen LogP contribution is -2.47. The number of aryl methyl sites for hydroxylation is 1. The van der Waals surface area contributed by atoms with Gasteiger partial charge in [0, 0.05) is 31.1 Å². The fourth-order valence-corrected chi connectivity index (χ4v) is 5.08. The summed E-state index contributed by atoms with van der Waals surface area (Å²) in [6, 6.07) is 1.97. The van der Waals surface area contributed by atoms with Crippen molar-refractivity contribution in [3.05, 3.63) is 27.4 Å². The molecule has 2 amide bonds. The third-order valence-electron chi connectivity index (χ3n) is 4.87. The smallest absolute Gasteiger partial charge is 0.310 e. The van der Waals surface area contributed by atoms with Crippen molar-refractivity contribution in [2.75, 3.05) is 33.3 Å². The van der Waals surface area contributed by atoms with Gasteiger partial charge in [0.1, 0.15) is 9.88 Å². The van der Waals surface area contributed by atoms with Crippen molar-refractivity contribution in [3.63, 3.8) is 0 Å². The Balaban J connectivity index is 1.62. The third kappa shape index (κ3) is 5.02. The van der Waals surface area contributed by atoms with E-state index in [0.717, 1.165) is 23.4 Å². The Kier molecular flexibility index (Phi) is 7.02. The van der Waals surface area contributed by atoms with Crippen LogP contribution in [0.3, 0.4) is 0 Å². The summed E-state index contributed by atoms with van der Waals surface area (Å²) in [6.45, 7) is 4.83. The number of ether oxygens (including phenoxy) is 1. The summed E-state index contributed by atoms with van der Waals surface area (Å²) < 4.78 is 5.09. The van der Waals surface area contributed by atoms with Gasteiger partial charge in [-0.3, -0.25) is 14.4 Å². The first-order valence-corrected chi connectivity index (χ1v) is 11.4. The first-order chi connectivity index (χ1) is 13.9. The highest BCUT2D eigenvalue weighted by molar-refractivity contribution is 7.17. The van der Waals surface area contributed by atoms with Crippen LogP contribution in [0.4, 0.5) is 0 Å². The zero-order chi connectivity index (χ0) is 21.0. The predicted molar refractivity (Wildman–Crippen MR) is 113 cm³/mol. The summed E-state index contributed by atoms with van der Waals surface area (Å²) >= 11 is 2.93. The number of nitrogens with zero attached hydrogens (tertiary/aromatic N) is 3. The van der Waals surface area contributed by atoms with E-state index in [2.05, 4.69) is 4.98 Å². The van der Waals surface area contributed by atoms with Gasteiger partial charge >= 0.3 is 5.97 Å². The number of thiazole rings is 1. The van der Waals surface area contributed by atoms with Gasteiger partial charge in [-0.15, -0.1) is 11.3 Å². The summed E-state index contributed by atoms with van der Waals surface area (Å²) in [5.74, 6) is -0.912. The Morgan fingerprint density at radius 3 is 2.86 bits per heavy atom. The number of hydrogen-bond acceptors (Lipinski definition) is 7. The van der Waals surface area contributed by atoms with Crippen LogP contribution in [0.2, 0.25) is 0 Å². The maximum absolute atomic E-state index is 12.9. The van der Waals surface area contributed by atoms with Gasteiger partial charge in [0.2, 0.25) is 5.91 Å². The molecule has 156 valence electrons. The molecule has 2 aromatic heterocycles. The normalized spacial score (nSPS) is 16.5. The molecule has 1 unspecified atom stereocenters. The number of carbonyl (C=O) groups excluding carboxylic acids is 3. The quantitative estimate of drug-likeness (QED) is 0.652. The molecule has 0 saturated carbocycles. The Hall–Kier alpha value is -2.26. The number of carbonyl (C=O) groups is 3. The molecule has 0 N–H and O–H groups in total. The monoisotopic (exact) mass is 435 g/mol. The van der Waals surface area contributed by atoms with E-state index in [1.165, 1.54) is 16.2 Å². The molecule has 0 bridgehead atoms. The summed E-state index contributed by atoms with van der Waals surface area (Å²) in [5.41, 5.74) is 1.67. The molecule has 0 aliphatic carbocycles. The van der Waals surface area contributed by atoms with Crippen LogP contribution >= 0.6 is 22.7 Å². The lowest BCUT2D eigenvalue weighted by molar-refractivity contribution is -0.151. The average molecular weight is 436 g/mol. The maximum atomic E-state index is 12.9. The van der Waals surface area contributed by atoms with Gasteiger partial charge in [-0.25, -0.2) is 4.98 Å². The highest BCUT2D eigenvalue weighted by atomic mass is 32.1. The van der Waals surface area contributed by atoms with Crippen molar-refractivity contribution in [3.8, 4) is 10.6 Å². The van der Waals surface area contributed by atoms with Crippen molar-refractivity contribution >= 4 is 40.5 Å². The van der Waals surface area contributed by atoms with Crippen LogP contribution in [0, 0.1) is 12.8 Å². The van der Waals surface area contributed by atoms with E-state index in [9.17, 15) is 14.4 Å². The lowest BCUT2D eigenvalue weighted by Gasteiger charge is -2.32. The number of rotatable bonds is 6. The number of likely N-dealkylation sites (tertiary alicyclic amines) is 1. The number of amides is 2. The van der Waals surface area contributed by atoms with Gasteiger partial charge in [-0.1, -0.05) is 0 Å². The molecule has 9 heteroatoms. The number of hydrogen-bond donors (Lipinski definition) is 0. The predicted octanol–water partition coefficient (Wildman–Crippen LogP) is 3.05. The molecule has 3 heterocycles. The zero-order valence-corrected chi connectivity index (χ0v) is 18.5. The van der Waals surface area contributed by atoms with Gasteiger partial charge in [-0.05, 0) is 38.1 Å². The zero-order valence-electron chi connectivity index (χ0n) is 16.8. The van der Waals surface area contributed by atoms with E-state index in [-0.39, 0.29) is 30.2 Å². The van der Waals surface area contributed by atoms with Crippen LogP contribution in [0.5, 0.6) is 0 Å². The highest BCUT2D eigenvalue weighted by Gasteiger charge is 2.30. The summed E-state index contributed by atoms with van der Waals surface area (Å²) in [6.07, 6.45) is 1.48. The fourth-order valence-electron chi connectivity index (χ4n) is 3.31. The highest BCUT2D eigenvalue weighted by Crippen LogP contribution is 2.30. The molecule has 1 atom stereocenters. The first kappa shape index (κ1) is 21.4. The SMILES string of the molecule is CCOC(=O)C1CCCN(C(=O)CN(C)C(=O)c2sc(-c3ccsc3)nc2C)C1. The van der Waals surface area contributed by atoms with E-state index in [4.69, 9.17) is 4.74 Å². The van der Waals surface area contributed by atoms with Crippen molar-refractivity contribution in [1.29, 1.82) is 0 Å². The minimum atomic E-state index is -0.287. The van der Waals surface area contributed by atoms with Crippen LogP contribution in [-0.2, 0) is 14.3 Å². The number of likely N-dealkylation sites (N-methyl/N-ethyl adjacent to an activating group) is 1. The van der Waals surface area contributed by atoms with Gasteiger partial charge in [0.05, 0.1) is 24.8 Å². The van der Waals surface area contributed by atoms with Gasteiger partial charge < -0.3 is 14.5 Å². The number of thiophene rings is 1. The minimum Gasteiger partial charge on any atom is -0.466 e. The average Bonchev–Trinajstić information content (AvgIpc) is 3.37. The summed E-state index contributed by atoms with van der Waals surface area (Å²) in [5, 5.41) is 4.77. The number of piperidine rings is 1. The molecule has 2 aromatic rings. The van der Waals surface area contributed by atoms with Gasteiger partial charge in [0.25, 0.3) is 5.91 Å². The maximum Gasteiger partial charge on any atom is 0.310 e. The van der Waals surface area contributed by atoms with Crippen LogP contribution < -0.4 is 0 Å². The van der Waals surface area contributed by atoms with E-state index in [0.29, 0.717) is 30.3 Å². The molecule has 1 saturated heterocycles. The Labute approximate surface area is 178 Å². The lowest BCUT2D eigenvalue weighted by atomic mass is 9.98. The largest absolute Gasteiger partial charge is 0.466 e. The molecule has 7 nitrogen and oxygen atoms in total. The van der Waals surface area contributed by atoms with Gasteiger partial charge in [-0.2, -0.15) is 11.3 Å². The summed E-state index contributed by atoms with van der Waals surface area (Å²) in [7, 11) is 1.62. The van der Waals surface area contributed by atoms with Crippen molar-refractivity contribution < 1.29 is 19.1 Å². The van der Waals surface area contributed by atoms with Crippen molar-refractivity contribution in [2.45, 2.75) is 26.7 Å². The van der Waals surface area contributed by atoms with Crippen LogP contribution in [0.15, 0.2) is 16.8 Å². The second-order valence-electron chi connectivity index (χ2n) is 7.04. The molecular weight excluding hydrogens is 410 g/mol. The summed E-state index contributed by atoms with van der Waals surface area (Å²) in [4.78, 5) is 45.7. The van der Waals surface area contributed by atoms with Crippen LogP contribution in [0.1, 0.15) is 35.1 Å².